The molecule has 2 aliphatic heterocycles. The van der Waals surface area contributed by atoms with E-state index in [9.17, 15) is 0 Å². The fourth-order valence-electron chi connectivity index (χ4n) is 6.64. The van der Waals surface area contributed by atoms with Gasteiger partial charge in [0, 0.05) is 16.4 Å². The number of hydrogen-bond acceptors (Lipinski definition) is 1. The second kappa shape index (κ2) is 7.69. The van der Waals surface area contributed by atoms with E-state index in [4.69, 9.17) is 0 Å². The molecule has 2 heterocycles. The topological polar surface area (TPSA) is 3.24 Å². The molecule has 1 nitrogen and oxygen atoms in total. The van der Waals surface area contributed by atoms with Gasteiger partial charge in [0.15, 0.2) is 0 Å². The maximum absolute atomic E-state index is 2.53. The van der Waals surface area contributed by atoms with Crippen LogP contribution < -0.4 is 4.90 Å². The molecule has 180 valence electrons. The van der Waals surface area contributed by atoms with Gasteiger partial charge in [-0.25, -0.2) is 0 Å². The number of anilines is 3. The summed E-state index contributed by atoms with van der Waals surface area (Å²) in [6.07, 6.45) is 0. The van der Waals surface area contributed by atoms with Gasteiger partial charge in [0.2, 0.25) is 0 Å². The summed E-state index contributed by atoms with van der Waals surface area (Å²) in [5.41, 5.74) is 14.1. The van der Waals surface area contributed by atoms with Crippen molar-refractivity contribution < 1.29 is 0 Å². The van der Waals surface area contributed by atoms with Gasteiger partial charge in [-0.15, -0.1) is 0 Å². The SMILES string of the molecule is CC1(C)c2cc(-c3ccccc3)ccc2N2c3c(cc(-c4ccccc4)cc31)-c1cccc3cccc2c13. The minimum Gasteiger partial charge on any atom is -0.309 e. The zero-order valence-corrected chi connectivity index (χ0v) is 21.6. The lowest BCUT2D eigenvalue weighted by atomic mass is 9.70. The van der Waals surface area contributed by atoms with Crippen molar-refractivity contribution in [1.82, 2.24) is 0 Å². The van der Waals surface area contributed by atoms with E-state index in [1.807, 2.05) is 0 Å². The summed E-state index contributed by atoms with van der Waals surface area (Å²) in [6.45, 7) is 4.78. The molecule has 6 aromatic rings. The Labute approximate surface area is 223 Å². The maximum atomic E-state index is 2.53. The van der Waals surface area contributed by atoms with Crippen LogP contribution in [-0.4, -0.2) is 0 Å². The summed E-state index contributed by atoms with van der Waals surface area (Å²) in [5.74, 6) is 0. The van der Waals surface area contributed by atoms with Gasteiger partial charge in [-0.3, -0.25) is 0 Å². The Hall–Kier alpha value is -4.62. The quantitative estimate of drug-likeness (QED) is 0.235. The molecule has 0 radical (unpaired) electrons. The van der Waals surface area contributed by atoms with Gasteiger partial charge in [0.25, 0.3) is 0 Å². The first-order chi connectivity index (χ1) is 18.6. The van der Waals surface area contributed by atoms with E-state index < -0.39 is 0 Å². The van der Waals surface area contributed by atoms with Gasteiger partial charge in [0.05, 0.1) is 17.1 Å². The van der Waals surface area contributed by atoms with E-state index in [-0.39, 0.29) is 5.41 Å². The van der Waals surface area contributed by atoms with Crippen LogP contribution >= 0.6 is 0 Å². The Bertz CT molecular complexity index is 1880. The van der Waals surface area contributed by atoms with E-state index in [1.54, 1.807) is 0 Å². The molecule has 0 aromatic heterocycles. The van der Waals surface area contributed by atoms with Crippen LogP contribution in [0.2, 0.25) is 0 Å². The Morgan fingerprint density at radius 2 is 1.13 bits per heavy atom. The zero-order valence-electron chi connectivity index (χ0n) is 21.6. The Morgan fingerprint density at radius 3 is 1.87 bits per heavy atom. The first kappa shape index (κ1) is 21.5. The summed E-state index contributed by atoms with van der Waals surface area (Å²) in [4.78, 5) is 2.53. The second-order valence-electron chi connectivity index (χ2n) is 11.0. The molecule has 0 saturated carbocycles. The van der Waals surface area contributed by atoms with Crippen molar-refractivity contribution in [3.63, 3.8) is 0 Å². The van der Waals surface area contributed by atoms with Crippen LogP contribution in [0, 0.1) is 0 Å². The van der Waals surface area contributed by atoms with Crippen LogP contribution in [-0.2, 0) is 5.41 Å². The van der Waals surface area contributed by atoms with Gasteiger partial charge in [-0.1, -0.05) is 111 Å². The Morgan fingerprint density at radius 1 is 0.474 bits per heavy atom. The highest BCUT2D eigenvalue weighted by Gasteiger charge is 2.41. The fraction of sp³-hybridized carbons (Fsp3) is 0.0811. The third-order valence-corrected chi connectivity index (χ3v) is 8.55. The van der Waals surface area contributed by atoms with Gasteiger partial charge >= 0.3 is 0 Å². The van der Waals surface area contributed by atoms with E-state index >= 15 is 0 Å². The monoisotopic (exact) mass is 485 g/mol. The fourth-order valence-corrected chi connectivity index (χ4v) is 6.64. The van der Waals surface area contributed by atoms with Crippen molar-refractivity contribution in [3.8, 4) is 33.4 Å². The standard InChI is InChI=1S/C37H27N/c1-37(2)31-22-27(24-11-5-3-6-12-24)19-20-33(31)38-34-18-10-16-26-15-9-17-29(35(26)34)30-21-28(23-32(37)36(30)38)25-13-7-4-8-14-25/h3-23H,1-2H3. The maximum Gasteiger partial charge on any atom is 0.0581 e. The first-order valence-electron chi connectivity index (χ1n) is 13.4. The Kier molecular flexibility index (Phi) is 4.35. The second-order valence-corrected chi connectivity index (χ2v) is 11.0. The van der Waals surface area contributed by atoms with Crippen LogP contribution in [0.1, 0.15) is 25.0 Å². The van der Waals surface area contributed by atoms with Crippen LogP contribution in [0.15, 0.2) is 127 Å². The molecule has 6 aromatic carbocycles. The van der Waals surface area contributed by atoms with Gasteiger partial charge < -0.3 is 4.90 Å². The average molecular weight is 486 g/mol. The minimum absolute atomic E-state index is 0.175. The lowest BCUT2D eigenvalue weighted by molar-refractivity contribution is 0.632. The zero-order chi connectivity index (χ0) is 25.4. The summed E-state index contributed by atoms with van der Waals surface area (Å²) in [5, 5.41) is 2.61. The molecule has 8 rings (SSSR count). The molecule has 1 heteroatoms. The highest BCUT2D eigenvalue weighted by atomic mass is 15.2. The lowest BCUT2D eigenvalue weighted by Gasteiger charge is -2.46. The van der Waals surface area contributed by atoms with Crippen LogP contribution in [0.25, 0.3) is 44.2 Å². The lowest BCUT2D eigenvalue weighted by Crippen LogP contribution is -2.32. The third kappa shape index (κ3) is 2.87. The van der Waals surface area contributed by atoms with Crippen molar-refractivity contribution in [3.05, 3.63) is 139 Å². The van der Waals surface area contributed by atoms with Crippen molar-refractivity contribution in [2.24, 2.45) is 0 Å². The normalized spacial score (nSPS) is 14.2. The average Bonchev–Trinajstić information content (AvgIpc) is 2.97. The van der Waals surface area contributed by atoms with E-state index in [2.05, 4.69) is 146 Å². The number of rotatable bonds is 2. The third-order valence-electron chi connectivity index (χ3n) is 8.55. The predicted octanol–water partition coefficient (Wildman–Crippen LogP) is 10.3. The van der Waals surface area contributed by atoms with Crippen LogP contribution in [0.5, 0.6) is 0 Å². The largest absolute Gasteiger partial charge is 0.309 e. The molecular weight excluding hydrogens is 458 g/mol. The Balaban J connectivity index is 1.50. The summed E-state index contributed by atoms with van der Waals surface area (Å²) < 4.78 is 0. The van der Waals surface area contributed by atoms with Crippen LogP contribution in [0.4, 0.5) is 17.1 Å². The van der Waals surface area contributed by atoms with E-state index in [0.29, 0.717) is 0 Å². The number of benzene rings is 6. The first-order valence-corrected chi connectivity index (χ1v) is 13.4. The van der Waals surface area contributed by atoms with Crippen molar-refractivity contribution in [2.75, 3.05) is 4.90 Å². The summed E-state index contributed by atoms with van der Waals surface area (Å²) in [6, 6.07) is 46.9. The minimum atomic E-state index is -0.175. The van der Waals surface area contributed by atoms with E-state index in [1.165, 1.54) is 72.3 Å². The molecule has 38 heavy (non-hydrogen) atoms. The molecule has 0 aliphatic carbocycles. The molecule has 0 bridgehead atoms. The highest BCUT2D eigenvalue weighted by Crippen LogP contribution is 2.60. The molecule has 0 spiro atoms. The number of hydrogen-bond donors (Lipinski definition) is 0. The van der Waals surface area contributed by atoms with Crippen molar-refractivity contribution in [2.45, 2.75) is 19.3 Å². The molecule has 2 aliphatic rings. The van der Waals surface area contributed by atoms with Gasteiger partial charge in [-0.2, -0.15) is 0 Å². The van der Waals surface area contributed by atoms with Gasteiger partial charge in [0.1, 0.15) is 0 Å². The number of fused-ring (bicyclic) bond motifs is 4. The predicted molar refractivity (Wildman–Crippen MR) is 161 cm³/mol. The van der Waals surface area contributed by atoms with Crippen molar-refractivity contribution >= 4 is 27.8 Å². The van der Waals surface area contributed by atoms with Crippen molar-refractivity contribution in [1.29, 1.82) is 0 Å². The van der Waals surface area contributed by atoms with E-state index in [0.717, 1.165) is 0 Å². The molecule has 0 amide bonds. The molecule has 0 saturated heterocycles. The summed E-state index contributed by atoms with van der Waals surface area (Å²) in [7, 11) is 0. The molecule has 0 fully saturated rings. The smallest absolute Gasteiger partial charge is 0.0581 e. The van der Waals surface area contributed by atoms with Crippen LogP contribution in [0.3, 0.4) is 0 Å². The summed E-state index contributed by atoms with van der Waals surface area (Å²) >= 11 is 0. The van der Waals surface area contributed by atoms with Gasteiger partial charge in [-0.05, 0) is 74.7 Å². The molecular formula is C37H27N. The molecule has 0 unspecified atom stereocenters. The molecule has 0 N–H and O–H groups in total. The molecule has 0 atom stereocenters. The number of nitrogens with zero attached hydrogens (tertiary/aromatic N) is 1. The highest BCUT2D eigenvalue weighted by molar-refractivity contribution is 6.16.